The van der Waals surface area contributed by atoms with Gasteiger partial charge >= 0.3 is 11.9 Å². The lowest BCUT2D eigenvalue weighted by Gasteiger charge is -2.47. The van der Waals surface area contributed by atoms with Gasteiger partial charge in [-0.3, -0.25) is 4.79 Å². The number of rotatable bonds is 4. The molecule has 0 radical (unpaired) electrons. The zero-order valence-corrected chi connectivity index (χ0v) is 14.3. The van der Waals surface area contributed by atoms with E-state index in [4.69, 9.17) is 4.74 Å². The molecule has 2 aliphatic rings. The quantitative estimate of drug-likeness (QED) is 0.505. The third kappa shape index (κ3) is 2.92. The summed E-state index contributed by atoms with van der Waals surface area (Å²) in [5.74, 6) is -10.2. The van der Waals surface area contributed by atoms with Crippen LogP contribution in [0.2, 0.25) is 0 Å². The van der Waals surface area contributed by atoms with Crippen LogP contribution in [0.15, 0.2) is 0 Å². The summed E-state index contributed by atoms with van der Waals surface area (Å²) >= 11 is 0. The maximum Gasteiger partial charge on any atom is 0.323 e. The number of hydrogen-bond acceptors (Lipinski definition) is 2. The van der Waals surface area contributed by atoms with Crippen LogP contribution in [0.25, 0.3) is 0 Å². The fourth-order valence-electron chi connectivity index (χ4n) is 4.07. The second-order valence-corrected chi connectivity index (χ2v) is 7.59. The summed E-state index contributed by atoms with van der Waals surface area (Å²) < 4.78 is 76.0. The molecule has 7 heteroatoms. The van der Waals surface area contributed by atoms with Crippen molar-refractivity contribution in [2.24, 2.45) is 11.3 Å². The van der Waals surface area contributed by atoms with Crippen LogP contribution in [-0.4, -0.2) is 29.6 Å². The Kier molecular flexibility index (Phi) is 4.97. The van der Waals surface area contributed by atoms with Gasteiger partial charge in [-0.1, -0.05) is 26.7 Å². The predicted octanol–water partition coefficient (Wildman–Crippen LogP) is 5.30. The molecule has 0 aromatic heterocycles. The van der Waals surface area contributed by atoms with E-state index in [0.717, 1.165) is 12.8 Å². The monoisotopic (exact) mass is 356 g/mol. The Morgan fingerprint density at radius 3 is 2.21 bits per heavy atom. The van der Waals surface area contributed by atoms with E-state index < -0.39 is 47.3 Å². The summed E-state index contributed by atoms with van der Waals surface area (Å²) in [5.41, 5.74) is -4.86. The number of ether oxygens (including phenoxy) is 1. The maximum atomic E-state index is 14.7. The van der Waals surface area contributed by atoms with Crippen LogP contribution in [0.4, 0.5) is 22.0 Å². The first-order valence-corrected chi connectivity index (χ1v) is 8.55. The van der Waals surface area contributed by atoms with Crippen LogP contribution in [0.5, 0.6) is 0 Å². The van der Waals surface area contributed by atoms with Gasteiger partial charge in [0.15, 0.2) is 6.10 Å². The smallest absolute Gasteiger partial charge is 0.323 e. The zero-order valence-electron chi connectivity index (χ0n) is 14.3. The standard InChI is InChI=1S/C17H25F5O2/c1-4-15(7-5-6-8-15)13(23)24-12-9-11(2)10-16(20,14(3,18)19)17(12,21)22/h11-12H,4-10H2,1-3H3. The van der Waals surface area contributed by atoms with Gasteiger partial charge in [-0.2, -0.15) is 8.78 Å². The van der Waals surface area contributed by atoms with Crippen LogP contribution >= 0.6 is 0 Å². The Labute approximate surface area is 139 Å². The van der Waals surface area contributed by atoms with E-state index in [-0.39, 0.29) is 13.3 Å². The van der Waals surface area contributed by atoms with Crippen LogP contribution in [0.1, 0.15) is 65.7 Å². The molecule has 0 aliphatic heterocycles. The Balaban J connectivity index is 2.27. The molecule has 0 aromatic rings. The van der Waals surface area contributed by atoms with Gasteiger partial charge in [-0.15, -0.1) is 0 Å². The first-order chi connectivity index (χ1) is 10.9. The molecule has 0 N–H and O–H groups in total. The first-order valence-electron chi connectivity index (χ1n) is 8.55. The zero-order chi connectivity index (χ0) is 18.4. The molecule has 0 aromatic carbocycles. The average molecular weight is 356 g/mol. The molecule has 2 saturated carbocycles. The molecule has 140 valence electrons. The number of carbonyl (C=O) groups excluding carboxylic acids is 1. The molecule has 0 spiro atoms. The minimum Gasteiger partial charge on any atom is -0.455 e. The second kappa shape index (κ2) is 6.13. The highest BCUT2D eigenvalue weighted by atomic mass is 19.3. The van der Waals surface area contributed by atoms with E-state index in [0.29, 0.717) is 19.3 Å². The number of alkyl halides is 5. The van der Waals surface area contributed by atoms with Crippen LogP contribution in [0.3, 0.4) is 0 Å². The van der Waals surface area contributed by atoms with E-state index in [1.165, 1.54) is 6.92 Å². The molecular weight excluding hydrogens is 331 g/mol. The highest BCUT2D eigenvalue weighted by Gasteiger charge is 2.73. The third-order valence-corrected chi connectivity index (χ3v) is 5.79. The van der Waals surface area contributed by atoms with Crippen LogP contribution in [-0.2, 0) is 9.53 Å². The average Bonchev–Trinajstić information content (AvgIpc) is 2.93. The summed E-state index contributed by atoms with van der Waals surface area (Å²) in [4.78, 5) is 12.5. The molecule has 0 heterocycles. The highest BCUT2D eigenvalue weighted by Crippen LogP contribution is 2.55. The molecule has 2 rings (SSSR count). The Bertz CT molecular complexity index is 482. The first kappa shape index (κ1) is 19.4. The lowest BCUT2D eigenvalue weighted by molar-refractivity contribution is -0.300. The number of esters is 1. The van der Waals surface area contributed by atoms with Crippen molar-refractivity contribution in [3.05, 3.63) is 0 Å². The molecule has 0 bridgehead atoms. The molecule has 2 nitrogen and oxygen atoms in total. The predicted molar refractivity (Wildman–Crippen MR) is 78.9 cm³/mol. The van der Waals surface area contributed by atoms with Gasteiger partial charge in [-0.25, -0.2) is 13.2 Å². The summed E-state index contributed by atoms with van der Waals surface area (Å²) in [6, 6.07) is 0. The van der Waals surface area contributed by atoms with E-state index in [9.17, 15) is 26.7 Å². The lowest BCUT2D eigenvalue weighted by Crippen LogP contribution is -2.65. The van der Waals surface area contributed by atoms with E-state index in [1.807, 2.05) is 0 Å². The summed E-state index contributed by atoms with van der Waals surface area (Å²) in [6.07, 6.45) is -0.363. The third-order valence-electron chi connectivity index (χ3n) is 5.79. The Morgan fingerprint density at radius 1 is 1.21 bits per heavy atom. The normalized spacial score (nSPS) is 35.7. The number of halogens is 5. The van der Waals surface area contributed by atoms with Crippen molar-refractivity contribution in [1.82, 2.24) is 0 Å². The van der Waals surface area contributed by atoms with Crippen molar-refractivity contribution in [2.75, 3.05) is 0 Å². The van der Waals surface area contributed by atoms with Gasteiger partial charge in [0, 0.05) is 6.92 Å². The molecule has 3 unspecified atom stereocenters. The van der Waals surface area contributed by atoms with Crippen molar-refractivity contribution < 1.29 is 31.5 Å². The van der Waals surface area contributed by atoms with Gasteiger partial charge in [0.05, 0.1) is 5.41 Å². The van der Waals surface area contributed by atoms with Gasteiger partial charge in [0.25, 0.3) is 5.92 Å². The largest absolute Gasteiger partial charge is 0.455 e. The summed E-state index contributed by atoms with van der Waals surface area (Å²) in [7, 11) is 0. The molecule has 2 aliphatic carbocycles. The molecule has 2 fully saturated rings. The van der Waals surface area contributed by atoms with Gasteiger partial charge in [0.2, 0.25) is 5.67 Å². The minimum absolute atomic E-state index is 0.155. The lowest BCUT2D eigenvalue weighted by atomic mass is 9.72. The fraction of sp³-hybridized carbons (Fsp3) is 0.941. The van der Waals surface area contributed by atoms with Crippen molar-refractivity contribution in [3.8, 4) is 0 Å². The summed E-state index contributed by atoms with van der Waals surface area (Å²) in [6.45, 7) is 3.34. The van der Waals surface area contributed by atoms with Crippen molar-refractivity contribution in [1.29, 1.82) is 0 Å². The number of carbonyl (C=O) groups is 1. The van der Waals surface area contributed by atoms with Gasteiger partial charge in [-0.05, 0) is 38.0 Å². The van der Waals surface area contributed by atoms with Crippen molar-refractivity contribution >= 4 is 5.97 Å². The topological polar surface area (TPSA) is 26.3 Å². The van der Waals surface area contributed by atoms with Crippen molar-refractivity contribution in [3.63, 3.8) is 0 Å². The fourth-order valence-corrected chi connectivity index (χ4v) is 4.07. The maximum absolute atomic E-state index is 14.7. The van der Waals surface area contributed by atoms with Gasteiger partial charge in [0.1, 0.15) is 0 Å². The molecule has 3 atom stereocenters. The van der Waals surface area contributed by atoms with Crippen LogP contribution in [0, 0.1) is 11.3 Å². The molecule has 0 saturated heterocycles. The van der Waals surface area contributed by atoms with E-state index in [1.54, 1.807) is 6.92 Å². The van der Waals surface area contributed by atoms with E-state index in [2.05, 4.69) is 0 Å². The molecule has 24 heavy (non-hydrogen) atoms. The van der Waals surface area contributed by atoms with E-state index >= 15 is 0 Å². The Hall–Kier alpha value is -0.880. The number of hydrogen-bond donors (Lipinski definition) is 0. The minimum atomic E-state index is -4.43. The Morgan fingerprint density at radius 2 is 1.75 bits per heavy atom. The molecule has 0 amide bonds. The van der Waals surface area contributed by atoms with Crippen molar-refractivity contribution in [2.45, 2.75) is 89.3 Å². The highest BCUT2D eigenvalue weighted by molar-refractivity contribution is 5.77. The molecular formula is C17H25F5O2. The second-order valence-electron chi connectivity index (χ2n) is 7.59. The summed E-state index contributed by atoms with van der Waals surface area (Å²) in [5, 5.41) is 0. The van der Waals surface area contributed by atoms with Gasteiger partial charge < -0.3 is 4.74 Å². The van der Waals surface area contributed by atoms with Crippen LogP contribution < -0.4 is 0 Å². The SMILES string of the molecule is CCC1(C(=O)OC2CC(C)CC(F)(C(C)(F)F)C2(F)F)CCCC1.